The topological polar surface area (TPSA) is 26.3 Å². The summed E-state index contributed by atoms with van der Waals surface area (Å²) < 4.78 is 5.48. The number of rotatable bonds is 5. The highest BCUT2D eigenvalue weighted by Gasteiger charge is 2.27. The van der Waals surface area contributed by atoms with Gasteiger partial charge in [-0.15, -0.1) is 12.3 Å². The van der Waals surface area contributed by atoms with E-state index < -0.39 is 0 Å². The maximum absolute atomic E-state index is 11.8. The molecule has 0 amide bonds. The summed E-state index contributed by atoms with van der Waals surface area (Å²) in [7, 11) is 0. The summed E-state index contributed by atoms with van der Waals surface area (Å²) in [5.74, 6) is 2.40. The Bertz CT molecular complexity index is 407. The Balaban J connectivity index is 2.44. The van der Waals surface area contributed by atoms with E-state index >= 15 is 0 Å². The lowest BCUT2D eigenvalue weighted by molar-refractivity contribution is -0.154. The van der Waals surface area contributed by atoms with Crippen LogP contribution in [-0.2, 0) is 16.0 Å². The largest absolute Gasteiger partial charge is 0.461 e. The van der Waals surface area contributed by atoms with Crippen molar-refractivity contribution in [3.63, 3.8) is 0 Å². The molecular weight excluding hydrogens is 244 g/mol. The van der Waals surface area contributed by atoms with E-state index in [4.69, 9.17) is 11.2 Å². The first kappa shape index (κ1) is 14.8. The summed E-state index contributed by atoms with van der Waals surface area (Å²) in [6.07, 6.45) is 6.71. The van der Waals surface area contributed by atoms with Gasteiger partial charge in [-0.3, -0.25) is 4.79 Å². The van der Waals surface area contributed by atoms with Gasteiger partial charge in [0, 0.05) is 12.8 Å². The van der Waals surface area contributed by atoms with Gasteiger partial charge in [-0.1, -0.05) is 20.8 Å². The third-order valence-corrected chi connectivity index (χ3v) is 3.47. The van der Waals surface area contributed by atoms with E-state index in [1.807, 2.05) is 32.2 Å². The van der Waals surface area contributed by atoms with E-state index in [-0.39, 0.29) is 17.5 Å². The van der Waals surface area contributed by atoms with E-state index in [9.17, 15) is 4.79 Å². The third kappa shape index (κ3) is 4.93. The fraction of sp³-hybridized carbons (Fsp3) is 0.533. The van der Waals surface area contributed by atoms with Crippen molar-refractivity contribution in [3.05, 3.63) is 22.4 Å². The average Bonchev–Trinajstić information content (AvgIpc) is 2.77. The summed E-state index contributed by atoms with van der Waals surface area (Å²) in [5.41, 5.74) is 1.06. The van der Waals surface area contributed by atoms with Gasteiger partial charge in [0.1, 0.15) is 6.10 Å². The summed E-state index contributed by atoms with van der Waals surface area (Å²) in [4.78, 5) is 11.8. The lowest BCUT2D eigenvalue weighted by Gasteiger charge is -2.28. The van der Waals surface area contributed by atoms with E-state index in [1.165, 1.54) is 5.56 Å². The molecule has 0 aliphatic heterocycles. The lowest BCUT2D eigenvalue weighted by atomic mass is 9.87. The first-order chi connectivity index (χ1) is 8.43. The molecule has 0 spiro atoms. The standard InChI is InChI=1S/C15H20O2S/c1-5-6-13(15(2,3)4)17-14(16)8-7-12-9-10-18-11-12/h1,9-11,13H,6-8H2,2-4H3. The van der Waals surface area contributed by atoms with Crippen LogP contribution >= 0.6 is 11.3 Å². The van der Waals surface area contributed by atoms with Crippen LogP contribution in [0.4, 0.5) is 0 Å². The molecule has 0 bridgehead atoms. The quantitative estimate of drug-likeness (QED) is 0.599. The second-order valence-corrected chi connectivity index (χ2v) is 6.16. The van der Waals surface area contributed by atoms with Crippen LogP contribution in [0, 0.1) is 17.8 Å². The van der Waals surface area contributed by atoms with Crippen LogP contribution in [0.25, 0.3) is 0 Å². The van der Waals surface area contributed by atoms with Gasteiger partial charge in [0.15, 0.2) is 0 Å². The molecule has 1 atom stereocenters. The van der Waals surface area contributed by atoms with Crippen molar-refractivity contribution in [1.29, 1.82) is 0 Å². The van der Waals surface area contributed by atoms with Crippen molar-refractivity contribution in [2.24, 2.45) is 5.41 Å². The fourth-order valence-corrected chi connectivity index (χ4v) is 2.23. The molecule has 18 heavy (non-hydrogen) atoms. The van der Waals surface area contributed by atoms with E-state index in [1.54, 1.807) is 11.3 Å². The Hall–Kier alpha value is -1.27. The molecule has 0 radical (unpaired) electrons. The third-order valence-electron chi connectivity index (χ3n) is 2.74. The Labute approximate surface area is 113 Å². The highest BCUT2D eigenvalue weighted by molar-refractivity contribution is 7.07. The molecule has 0 aliphatic carbocycles. The van der Waals surface area contributed by atoms with Crippen molar-refractivity contribution in [3.8, 4) is 12.3 Å². The van der Waals surface area contributed by atoms with Crippen molar-refractivity contribution >= 4 is 17.3 Å². The molecule has 98 valence electrons. The van der Waals surface area contributed by atoms with Crippen LogP contribution in [0.15, 0.2) is 16.8 Å². The second kappa shape index (κ2) is 6.61. The van der Waals surface area contributed by atoms with Crippen LogP contribution in [0.2, 0.25) is 0 Å². The monoisotopic (exact) mass is 264 g/mol. The van der Waals surface area contributed by atoms with Gasteiger partial charge in [-0.2, -0.15) is 11.3 Å². The number of carbonyl (C=O) groups excluding carboxylic acids is 1. The van der Waals surface area contributed by atoms with Crippen LogP contribution in [0.1, 0.15) is 39.2 Å². The van der Waals surface area contributed by atoms with Crippen molar-refractivity contribution in [1.82, 2.24) is 0 Å². The lowest BCUT2D eigenvalue weighted by Crippen LogP contribution is -2.31. The summed E-state index contributed by atoms with van der Waals surface area (Å²) in [6, 6.07) is 2.03. The van der Waals surface area contributed by atoms with Gasteiger partial charge < -0.3 is 4.74 Å². The molecule has 0 saturated heterocycles. The number of hydrogen-bond donors (Lipinski definition) is 0. The Morgan fingerprint density at radius 2 is 2.28 bits per heavy atom. The van der Waals surface area contributed by atoms with Crippen LogP contribution in [-0.4, -0.2) is 12.1 Å². The minimum atomic E-state index is -0.211. The zero-order valence-electron chi connectivity index (χ0n) is 11.2. The minimum absolute atomic E-state index is 0.121. The molecule has 2 nitrogen and oxygen atoms in total. The Morgan fingerprint density at radius 1 is 1.56 bits per heavy atom. The molecule has 0 N–H and O–H groups in total. The van der Waals surface area contributed by atoms with Crippen LogP contribution in [0.3, 0.4) is 0 Å². The molecular formula is C15H20O2S. The maximum atomic E-state index is 11.8. The normalized spacial score (nSPS) is 12.8. The first-order valence-electron chi connectivity index (χ1n) is 6.07. The van der Waals surface area contributed by atoms with Crippen molar-refractivity contribution in [2.75, 3.05) is 0 Å². The Kier molecular flexibility index (Phi) is 5.43. The maximum Gasteiger partial charge on any atom is 0.306 e. The number of aryl methyl sites for hydroxylation is 1. The number of ether oxygens (including phenoxy) is 1. The molecule has 1 rings (SSSR count). The van der Waals surface area contributed by atoms with Crippen LogP contribution < -0.4 is 0 Å². The molecule has 3 heteroatoms. The average molecular weight is 264 g/mol. The number of thiophene rings is 1. The zero-order chi connectivity index (χ0) is 13.6. The van der Waals surface area contributed by atoms with Gasteiger partial charge in [0.2, 0.25) is 0 Å². The van der Waals surface area contributed by atoms with Crippen molar-refractivity contribution in [2.45, 2.75) is 46.1 Å². The number of esters is 1. The van der Waals surface area contributed by atoms with Gasteiger partial charge in [-0.25, -0.2) is 0 Å². The second-order valence-electron chi connectivity index (χ2n) is 5.38. The number of hydrogen-bond acceptors (Lipinski definition) is 3. The van der Waals surface area contributed by atoms with Gasteiger partial charge in [-0.05, 0) is 34.2 Å². The van der Waals surface area contributed by atoms with E-state index in [2.05, 4.69) is 11.3 Å². The molecule has 0 aromatic carbocycles. The smallest absolute Gasteiger partial charge is 0.306 e. The molecule has 0 aliphatic rings. The number of carbonyl (C=O) groups is 1. The SMILES string of the molecule is C#CCC(OC(=O)CCc1ccsc1)C(C)(C)C. The van der Waals surface area contributed by atoms with Crippen molar-refractivity contribution < 1.29 is 9.53 Å². The molecule has 1 aromatic rings. The summed E-state index contributed by atoms with van der Waals surface area (Å²) in [5, 5.41) is 4.06. The Morgan fingerprint density at radius 3 is 2.78 bits per heavy atom. The van der Waals surface area contributed by atoms with E-state index in [0.717, 1.165) is 6.42 Å². The highest BCUT2D eigenvalue weighted by Crippen LogP contribution is 2.25. The molecule has 1 heterocycles. The zero-order valence-corrected chi connectivity index (χ0v) is 12.0. The predicted molar refractivity (Wildman–Crippen MR) is 75.4 cm³/mol. The molecule has 1 unspecified atom stereocenters. The summed E-state index contributed by atoms with van der Waals surface area (Å²) >= 11 is 1.64. The number of terminal acetylenes is 1. The molecule has 0 saturated carbocycles. The molecule has 0 fully saturated rings. The van der Waals surface area contributed by atoms with Crippen LogP contribution in [0.5, 0.6) is 0 Å². The van der Waals surface area contributed by atoms with Gasteiger partial charge in [0.05, 0.1) is 0 Å². The molecule has 1 aromatic heterocycles. The highest BCUT2D eigenvalue weighted by atomic mass is 32.1. The van der Waals surface area contributed by atoms with E-state index in [0.29, 0.717) is 12.8 Å². The predicted octanol–water partition coefficient (Wildman–Crippen LogP) is 3.66. The fourth-order valence-electron chi connectivity index (χ4n) is 1.53. The first-order valence-corrected chi connectivity index (χ1v) is 7.02. The van der Waals surface area contributed by atoms with Gasteiger partial charge >= 0.3 is 5.97 Å². The minimum Gasteiger partial charge on any atom is -0.461 e. The summed E-state index contributed by atoms with van der Waals surface area (Å²) in [6.45, 7) is 6.09. The van der Waals surface area contributed by atoms with Gasteiger partial charge in [0.25, 0.3) is 0 Å².